The van der Waals surface area contributed by atoms with Gasteiger partial charge in [0.1, 0.15) is 6.61 Å². The van der Waals surface area contributed by atoms with Gasteiger partial charge in [0, 0.05) is 23.8 Å². The van der Waals surface area contributed by atoms with Crippen molar-refractivity contribution in [3.05, 3.63) is 113 Å². The Bertz CT molecular complexity index is 1200. The molecule has 0 aliphatic heterocycles. The fourth-order valence-electron chi connectivity index (χ4n) is 4.64. The number of rotatable bonds is 9. The van der Waals surface area contributed by atoms with Crippen molar-refractivity contribution in [1.29, 1.82) is 0 Å². The summed E-state index contributed by atoms with van der Waals surface area (Å²) in [4.78, 5) is 0. The summed E-state index contributed by atoms with van der Waals surface area (Å²) in [6.07, 6.45) is 5.43. The van der Waals surface area contributed by atoms with Gasteiger partial charge in [-0.1, -0.05) is 66.7 Å². The Labute approximate surface area is 201 Å². The lowest BCUT2D eigenvalue weighted by Crippen LogP contribution is -2.25. The summed E-state index contributed by atoms with van der Waals surface area (Å²) in [5.74, 6) is 1.52. The number of hydrogen-bond donors (Lipinski definition) is 1. The minimum absolute atomic E-state index is 0.309. The number of methoxy groups -OCH3 is 1. The lowest BCUT2D eigenvalue weighted by Gasteiger charge is -2.24. The molecule has 1 heterocycles. The van der Waals surface area contributed by atoms with Crippen molar-refractivity contribution in [1.82, 2.24) is 15.1 Å². The first-order valence-corrected chi connectivity index (χ1v) is 12.0. The van der Waals surface area contributed by atoms with Gasteiger partial charge in [0.2, 0.25) is 0 Å². The Balaban J connectivity index is 1.26. The van der Waals surface area contributed by atoms with Crippen molar-refractivity contribution < 1.29 is 9.47 Å². The van der Waals surface area contributed by atoms with E-state index in [4.69, 9.17) is 14.6 Å². The standard InChI is InChI=1S/C29H31N3O2/c1-33-28-16-15-24(17-29(28)34-21-23-11-6-3-7-12-23)18-30-26-13-8-14-27-25(26)19-31-32(27)20-22-9-4-2-5-10-22/h2-7,9-12,15-17,19,26,30H,8,13-14,18,20-21H2,1H3. The Morgan fingerprint density at radius 2 is 1.68 bits per heavy atom. The van der Waals surface area contributed by atoms with E-state index in [-0.39, 0.29) is 0 Å². The van der Waals surface area contributed by atoms with Crippen LogP contribution >= 0.6 is 0 Å². The highest BCUT2D eigenvalue weighted by atomic mass is 16.5. The molecule has 174 valence electrons. The van der Waals surface area contributed by atoms with Crippen LogP contribution in [-0.4, -0.2) is 16.9 Å². The third kappa shape index (κ3) is 5.15. The van der Waals surface area contributed by atoms with Crippen molar-refractivity contribution in [3.8, 4) is 11.5 Å². The fourth-order valence-corrected chi connectivity index (χ4v) is 4.64. The predicted octanol–water partition coefficient (Wildman–Crippen LogP) is 5.69. The first kappa shape index (κ1) is 22.2. The van der Waals surface area contributed by atoms with Gasteiger partial charge in [-0.25, -0.2) is 0 Å². The zero-order valence-electron chi connectivity index (χ0n) is 19.6. The molecule has 0 fully saturated rings. The Morgan fingerprint density at radius 3 is 2.44 bits per heavy atom. The SMILES string of the molecule is COc1ccc(CNC2CCCc3c2cnn3Cc2ccccc2)cc1OCc1ccccc1. The minimum atomic E-state index is 0.309. The quantitative estimate of drug-likeness (QED) is 0.354. The number of aromatic nitrogens is 2. The first-order chi connectivity index (χ1) is 16.8. The molecule has 1 unspecified atom stereocenters. The van der Waals surface area contributed by atoms with Crippen molar-refractivity contribution in [3.63, 3.8) is 0 Å². The maximum Gasteiger partial charge on any atom is 0.161 e. The van der Waals surface area contributed by atoms with Crippen LogP contribution in [0.15, 0.2) is 85.1 Å². The number of nitrogens with one attached hydrogen (secondary N) is 1. The number of benzene rings is 3. The number of hydrogen-bond acceptors (Lipinski definition) is 4. The normalized spacial score (nSPS) is 15.0. The molecular weight excluding hydrogens is 422 g/mol. The van der Waals surface area contributed by atoms with Crippen LogP contribution in [0.2, 0.25) is 0 Å². The average molecular weight is 454 g/mol. The molecule has 1 aromatic heterocycles. The van der Waals surface area contributed by atoms with E-state index in [0.717, 1.165) is 43.0 Å². The minimum Gasteiger partial charge on any atom is -0.493 e. The topological polar surface area (TPSA) is 48.3 Å². The van der Waals surface area contributed by atoms with Crippen LogP contribution in [0.4, 0.5) is 0 Å². The highest BCUT2D eigenvalue weighted by molar-refractivity contribution is 5.43. The van der Waals surface area contributed by atoms with Gasteiger partial charge in [-0.05, 0) is 48.1 Å². The molecular formula is C29H31N3O2. The van der Waals surface area contributed by atoms with E-state index in [1.807, 2.05) is 24.3 Å². The van der Waals surface area contributed by atoms with E-state index in [9.17, 15) is 0 Å². The molecule has 5 nitrogen and oxygen atoms in total. The van der Waals surface area contributed by atoms with Gasteiger partial charge in [0.05, 0.1) is 19.9 Å². The van der Waals surface area contributed by atoms with Gasteiger partial charge in [-0.15, -0.1) is 0 Å². The molecule has 0 amide bonds. The summed E-state index contributed by atoms with van der Waals surface area (Å²) in [5, 5.41) is 8.49. The number of ether oxygens (including phenoxy) is 2. The van der Waals surface area contributed by atoms with Crippen molar-refractivity contribution in [2.45, 2.75) is 45.0 Å². The van der Waals surface area contributed by atoms with Crippen LogP contribution in [0, 0.1) is 0 Å². The molecule has 1 atom stereocenters. The van der Waals surface area contributed by atoms with Crippen LogP contribution in [0.25, 0.3) is 0 Å². The number of fused-ring (bicyclic) bond motifs is 1. The molecule has 3 aromatic carbocycles. The molecule has 1 aliphatic carbocycles. The van der Waals surface area contributed by atoms with E-state index in [1.165, 1.54) is 28.8 Å². The van der Waals surface area contributed by atoms with E-state index >= 15 is 0 Å². The molecule has 5 heteroatoms. The van der Waals surface area contributed by atoms with Gasteiger partial charge in [0.15, 0.2) is 11.5 Å². The molecule has 0 saturated heterocycles. The summed E-state index contributed by atoms with van der Waals surface area (Å²) < 4.78 is 13.8. The zero-order valence-corrected chi connectivity index (χ0v) is 19.6. The zero-order chi connectivity index (χ0) is 23.2. The molecule has 4 aromatic rings. The Kier molecular flexibility index (Phi) is 6.91. The van der Waals surface area contributed by atoms with Crippen LogP contribution in [-0.2, 0) is 26.1 Å². The van der Waals surface area contributed by atoms with Crippen LogP contribution < -0.4 is 14.8 Å². The van der Waals surface area contributed by atoms with E-state index in [1.54, 1.807) is 7.11 Å². The highest BCUT2D eigenvalue weighted by Gasteiger charge is 2.24. The summed E-state index contributed by atoms with van der Waals surface area (Å²) in [6.45, 7) is 2.10. The van der Waals surface area contributed by atoms with Gasteiger partial charge in [0.25, 0.3) is 0 Å². The first-order valence-electron chi connectivity index (χ1n) is 12.0. The predicted molar refractivity (Wildman–Crippen MR) is 134 cm³/mol. The van der Waals surface area contributed by atoms with Crippen LogP contribution in [0.3, 0.4) is 0 Å². The molecule has 1 aliphatic rings. The molecule has 34 heavy (non-hydrogen) atoms. The molecule has 0 saturated carbocycles. The fraction of sp³-hybridized carbons (Fsp3) is 0.276. The van der Waals surface area contributed by atoms with Crippen LogP contribution in [0.5, 0.6) is 11.5 Å². The molecule has 0 bridgehead atoms. The summed E-state index contributed by atoms with van der Waals surface area (Å²) in [5.41, 5.74) is 6.28. The second-order valence-electron chi connectivity index (χ2n) is 8.78. The van der Waals surface area contributed by atoms with Crippen molar-refractivity contribution >= 4 is 0 Å². The van der Waals surface area contributed by atoms with E-state index < -0.39 is 0 Å². The molecule has 5 rings (SSSR count). The Morgan fingerprint density at radius 1 is 0.912 bits per heavy atom. The lowest BCUT2D eigenvalue weighted by atomic mass is 9.92. The molecule has 1 N–H and O–H groups in total. The smallest absolute Gasteiger partial charge is 0.161 e. The third-order valence-electron chi connectivity index (χ3n) is 6.46. The Hall–Kier alpha value is -3.57. The average Bonchev–Trinajstić information content (AvgIpc) is 3.30. The van der Waals surface area contributed by atoms with E-state index in [0.29, 0.717) is 12.6 Å². The third-order valence-corrected chi connectivity index (χ3v) is 6.46. The largest absolute Gasteiger partial charge is 0.493 e. The summed E-state index contributed by atoms with van der Waals surface area (Å²) >= 11 is 0. The maximum absolute atomic E-state index is 6.10. The van der Waals surface area contributed by atoms with Crippen LogP contribution in [0.1, 0.15) is 46.8 Å². The highest BCUT2D eigenvalue weighted by Crippen LogP contribution is 2.32. The maximum atomic E-state index is 6.10. The van der Waals surface area contributed by atoms with Gasteiger partial charge in [-0.2, -0.15) is 5.10 Å². The van der Waals surface area contributed by atoms with E-state index in [2.05, 4.69) is 70.8 Å². The van der Waals surface area contributed by atoms with Crippen molar-refractivity contribution in [2.24, 2.45) is 0 Å². The van der Waals surface area contributed by atoms with Gasteiger partial charge >= 0.3 is 0 Å². The second kappa shape index (κ2) is 10.6. The van der Waals surface area contributed by atoms with Gasteiger partial charge in [-0.3, -0.25) is 4.68 Å². The summed E-state index contributed by atoms with van der Waals surface area (Å²) in [6, 6.07) is 27.2. The molecule has 0 spiro atoms. The van der Waals surface area contributed by atoms with Gasteiger partial charge < -0.3 is 14.8 Å². The van der Waals surface area contributed by atoms with Crippen molar-refractivity contribution in [2.75, 3.05) is 7.11 Å². The number of nitrogens with zero attached hydrogens (tertiary/aromatic N) is 2. The summed E-state index contributed by atoms with van der Waals surface area (Å²) in [7, 11) is 1.68. The second-order valence-corrected chi connectivity index (χ2v) is 8.78. The monoisotopic (exact) mass is 453 g/mol. The lowest BCUT2D eigenvalue weighted by molar-refractivity contribution is 0.284. The molecule has 0 radical (unpaired) electrons.